The highest BCUT2D eigenvalue weighted by Crippen LogP contribution is 2.49. The smallest absolute Gasteiger partial charge is 0.0708 e. The van der Waals surface area contributed by atoms with Crippen LogP contribution in [0.5, 0.6) is 0 Å². The fourth-order valence-corrected chi connectivity index (χ4v) is 4.83. The molecule has 1 aliphatic carbocycles. The summed E-state index contributed by atoms with van der Waals surface area (Å²) in [5.74, 6) is 3.44. The maximum atomic E-state index is 1.62. The van der Waals surface area contributed by atoms with Crippen LogP contribution in [-0.2, 0) is 0 Å². The maximum absolute atomic E-state index is 1.62. The van der Waals surface area contributed by atoms with Crippen molar-refractivity contribution in [3.8, 4) is 0 Å². The van der Waals surface area contributed by atoms with Gasteiger partial charge in [0.15, 0.2) is 0 Å². The highest BCUT2D eigenvalue weighted by atomic mass is 14.3. The van der Waals surface area contributed by atoms with Gasteiger partial charge in [-0.2, -0.15) is 0 Å². The predicted molar refractivity (Wildman–Crippen MR) is 67.7 cm³/mol. The molecule has 1 saturated carbocycles. The summed E-state index contributed by atoms with van der Waals surface area (Å²) >= 11 is 0. The van der Waals surface area contributed by atoms with E-state index in [1.165, 1.54) is 12.8 Å². The van der Waals surface area contributed by atoms with E-state index in [0.717, 1.165) is 24.3 Å². The standard InChI is InChI=1S/C14H25B/c1-2-6-12(5-1)11-15-13-7-3-8-14(15)10-4-9-13/h12-14H,1-11H2. The molecular weight excluding hydrogens is 179 g/mol. The topological polar surface area (TPSA) is 0 Å². The van der Waals surface area contributed by atoms with Gasteiger partial charge in [-0.3, -0.25) is 0 Å². The lowest BCUT2D eigenvalue weighted by Crippen LogP contribution is -2.35. The van der Waals surface area contributed by atoms with Gasteiger partial charge in [0.1, 0.15) is 6.71 Å². The first-order valence-corrected chi connectivity index (χ1v) is 7.43. The summed E-state index contributed by atoms with van der Waals surface area (Å²) < 4.78 is 0. The average molecular weight is 204 g/mol. The van der Waals surface area contributed by atoms with E-state index in [-0.39, 0.29) is 0 Å². The predicted octanol–water partition coefficient (Wildman–Crippen LogP) is 4.78. The van der Waals surface area contributed by atoms with E-state index in [9.17, 15) is 0 Å². The second-order valence-electron chi connectivity index (χ2n) is 6.43. The third kappa shape index (κ3) is 2.12. The molecule has 0 radical (unpaired) electrons. The van der Waals surface area contributed by atoms with E-state index in [2.05, 4.69) is 0 Å². The van der Waals surface area contributed by atoms with Crippen molar-refractivity contribution in [3.05, 3.63) is 0 Å². The minimum atomic E-state index is 1.14. The molecule has 2 aliphatic heterocycles. The van der Waals surface area contributed by atoms with E-state index in [1.54, 1.807) is 57.7 Å². The third-order valence-electron chi connectivity index (χ3n) is 5.59. The van der Waals surface area contributed by atoms with E-state index >= 15 is 0 Å². The van der Waals surface area contributed by atoms with Crippen molar-refractivity contribution in [2.45, 2.75) is 82.2 Å². The van der Waals surface area contributed by atoms with E-state index in [0.29, 0.717) is 0 Å². The fraction of sp³-hybridized carbons (Fsp3) is 1.00. The molecule has 0 nitrogen and oxygen atoms in total. The van der Waals surface area contributed by atoms with Gasteiger partial charge in [0, 0.05) is 0 Å². The fourth-order valence-electron chi connectivity index (χ4n) is 4.83. The second-order valence-corrected chi connectivity index (χ2v) is 6.43. The van der Waals surface area contributed by atoms with Crippen LogP contribution in [0.2, 0.25) is 18.0 Å². The first-order chi connectivity index (χ1) is 7.43. The van der Waals surface area contributed by atoms with Crippen molar-refractivity contribution in [1.29, 1.82) is 0 Å². The van der Waals surface area contributed by atoms with Gasteiger partial charge in [-0.1, -0.05) is 82.2 Å². The van der Waals surface area contributed by atoms with Crippen molar-refractivity contribution in [2.75, 3.05) is 0 Å². The molecule has 0 aromatic heterocycles. The van der Waals surface area contributed by atoms with Crippen molar-refractivity contribution in [3.63, 3.8) is 0 Å². The third-order valence-corrected chi connectivity index (χ3v) is 5.59. The Morgan fingerprint density at radius 3 is 1.73 bits per heavy atom. The Hall–Kier alpha value is 0.0649. The molecule has 0 spiro atoms. The minimum Gasteiger partial charge on any atom is -0.0708 e. The van der Waals surface area contributed by atoms with Gasteiger partial charge in [-0.05, 0) is 5.92 Å². The Labute approximate surface area is 95.3 Å². The Morgan fingerprint density at radius 1 is 0.667 bits per heavy atom. The number of fused-ring (bicyclic) bond motifs is 2. The quantitative estimate of drug-likeness (QED) is 0.568. The van der Waals surface area contributed by atoms with Crippen molar-refractivity contribution in [1.82, 2.24) is 0 Å². The molecule has 3 fully saturated rings. The van der Waals surface area contributed by atoms with Crippen molar-refractivity contribution < 1.29 is 0 Å². The molecule has 3 rings (SSSR count). The van der Waals surface area contributed by atoms with Crippen molar-refractivity contribution in [2.24, 2.45) is 5.92 Å². The van der Waals surface area contributed by atoms with Gasteiger partial charge in [0.05, 0.1) is 0 Å². The summed E-state index contributed by atoms with van der Waals surface area (Å²) in [6.07, 6.45) is 17.2. The minimum absolute atomic E-state index is 1.14. The Balaban J connectivity index is 1.62. The molecule has 0 N–H and O–H groups in total. The van der Waals surface area contributed by atoms with Crippen LogP contribution in [0.15, 0.2) is 0 Å². The largest absolute Gasteiger partial charge is 0.146 e. The molecule has 2 heterocycles. The van der Waals surface area contributed by atoms with E-state index < -0.39 is 0 Å². The Kier molecular flexibility index (Phi) is 3.08. The van der Waals surface area contributed by atoms with Gasteiger partial charge >= 0.3 is 0 Å². The Bertz CT molecular complexity index is 185. The summed E-state index contributed by atoms with van der Waals surface area (Å²) in [6, 6.07) is 0. The van der Waals surface area contributed by atoms with Crippen LogP contribution in [0.25, 0.3) is 0 Å². The normalized spacial score (nSPS) is 37.2. The zero-order valence-corrected chi connectivity index (χ0v) is 10.1. The van der Waals surface area contributed by atoms with Gasteiger partial charge < -0.3 is 0 Å². The summed E-state index contributed by atoms with van der Waals surface area (Å²) in [5, 5.41) is 0. The monoisotopic (exact) mass is 204 g/mol. The van der Waals surface area contributed by atoms with E-state index in [1.807, 2.05) is 0 Å². The molecule has 84 valence electrons. The van der Waals surface area contributed by atoms with Crippen LogP contribution >= 0.6 is 0 Å². The van der Waals surface area contributed by atoms with Crippen LogP contribution in [0, 0.1) is 5.92 Å². The van der Waals surface area contributed by atoms with Gasteiger partial charge in [0.2, 0.25) is 0 Å². The average Bonchev–Trinajstić information content (AvgIpc) is 2.70. The molecule has 2 saturated heterocycles. The molecule has 0 amide bonds. The number of hydrogen-bond donors (Lipinski definition) is 0. The lowest BCUT2D eigenvalue weighted by atomic mass is 9.25. The maximum Gasteiger partial charge on any atom is 0.146 e. The molecule has 3 aliphatic rings. The summed E-state index contributed by atoms with van der Waals surface area (Å²) in [7, 11) is 0. The first-order valence-electron chi connectivity index (χ1n) is 7.43. The molecule has 0 aromatic carbocycles. The molecule has 1 heteroatoms. The zero-order valence-electron chi connectivity index (χ0n) is 10.1. The molecular formula is C14H25B. The van der Waals surface area contributed by atoms with E-state index in [4.69, 9.17) is 0 Å². The van der Waals surface area contributed by atoms with Crippen LogP contribution < -0.4 is 0 Å². The Morgan fingerprint density at radius 2 is 1.20 bits per heavy atom. The second kappa shape index (κ2) is 4.51. The molecule has 15 heavy (non-hydrogen) atoms. The van der Waals surface area contributed by atoms with Crippen LogP contribution in [0.4, 0.5) is 0 Å². The zero-order chi connectivity index (χ0) is 10.1. The molecule has 0 aromatic rings. The molecule has 0 unspecified atom stereocenters. The highest BCUT2D eigenvalue weighted by Gasteiger charge is 2.40. The van der Waals surface area contributed by atoms with Crippen molar-refractivity contribution >= 4 is 6.71 Å². The lowest BCUT2D eigenvalue weighted by molar-refractivity contribution is 0.433. The van der Waals surface area contributed by atoms with Crippen LogP contribution in [0.1, 0.15) is 64.2 Å². The lowest BCUT2D eigenvalue weighted by Gasteiger charge is -2.41. The highest BCUT2D eigenvalue weighted by molar-refractivity contribution is 6.62. The summed E-state index contributed by atoms with van der Waals surface area (Å²) in [4.78, 5) is 0. The van der Waals surface area contributed by atoms with Gasteiger partial charge in [0.25, 0.3) is 0 Å². The number of rotatable bonds is 2. The molecule has 0 atom stereocenters. The summed E-state index contributed by atoms with van der Waals surface area (Å²) in [6.45, 7) is 1.16. The van der Waals surface area contributed by atoms with Gasteiger partial charge in [-0.15, -0.1) is 0 Å². The van der Waals surface area contributed by atoms with Crippen LogP contribution in [-0.4, -0.2) is 6.71 Å². The van der Waals surface area contributed by atoms with Gasteiger partial charge in [-0.25, -0.2) is 0 Å². The SMILES string of the molecule is C1CCC(CB2C3CCCC2CCC3)C1. The summed E-state index contributed by atoms with van der Waals surface area (Å²) in [5.41, 5.74) is 0. The van der Waals surface area contributed by atoms with Crippen LogP contribution in [0.3, 0.4) is 0 Å². The first kappa shape index (κ1) is 10.2. The molecule has 2 bridgehead atoms. The number of hydrogen-bond acceptors (Lipinski definition) is 0.